The minimum absolute atomic E-state index is 0.0208. The van der Waals surface area contributed by atoms with Crippen molar-refractivity contribution >= 4 is 27.3 Å². The predicted molar refractivity (Wildman–Crippen MR) is 104 cm³/mol. The maximum absolute atomic E-state index is 12.3. The quantitative estimate of drug-likeness (QED) is 0.452. The monoisotopic (exact) mass is 404 g/mol. The number of nitro benzene ring substituents is 1. The molecule has 1 aliphatic carbocycles. The van der Waals surface area contributed by atoms with Gasteiger partial charge in [0, 0.05) is 24.2 Å². The van der Waals surface area contributed by atoms with Gasteiger partial charge in [0.2, 0.25) is 10.0 Å². The van der Waals surface area contributed by atoms with Gasteiger partial charge in [-0.15, -0.1) is 0 Å². The van der Waals surface area contributed by atoms with Gasteiger partial charge in [0.1, 0.15) is 5.69 Å². The molecule has 28 heavy (non-hydrogen) atoms. The Morgan fingerprint density at radius 2 is 1.86 bits per heavy atom. The van der Waals surface area contributed by atoms with Crippen LogP contribution in [-0.4, -0.2) is 31.8 Å². The van der Waals surface area contributed by atoms with Crippen LogP contribution < -0.4 is 15.8 Å². The molecule has 1 saturated carbocycles. The van der Waals surface area contributed by atoms with E-state index < -0.39 is 20.9 Å². The van der Waals surface area contributed by atoms with Gasteiger partial charge in [-0.2, -0.15) is 0 Å². The Balaban J connectivity index is 1.60. The first-order chi connectivity index (χ1) is 13.2. The number of nitro groups is 1. The van der Waals surface area contributed by atoms with Gasteiger partial charge in [-0.1, -0.05) is 12.1 Å². The van der Waals surface area contributed by atoms with E-state index in [0.717, 1.165) is 18.4 Å². The molecule has 0 heterocycles. The zero-order valence-electron chi connectivity index (χ0n) is 14.9. The third-order valence-electron chi connectivity index (χ3n) is 4.34. The first-order valence-corrected chi connectivity index (χ1v) is 10.2. The van der Waals surface area contributed by atoms with Gasteiger partial charge in [-0.05, 0) is 49.1 Å². The van der Waals surface area contributed by atoms with Gasteiger partial charge in [0.25, 0.3) is 11.6 Å². The number of nitrogens with two attached hydrogens (primary N) is 1. The molecule has 0 saturated heterocycles. The summed E-state index contributed by atoms with van der Waals surface area (Å²) in [6.07, 6.45) is 2.44. The largest absolute Gasteiger partial charge is 0.377 e. The van der Waals surface area contributed by atoms with Gasteiger partial charge < -0.3 is 10.6 Å². The second-order valence-corrected chi connectivity index (χ2v) is 8.16. The number of anilines is 1. The zero-order chi connectivity index (χ0) is 20.3. The molecule has 0 aromatic heterocycles. The maximum atomic E-state index is 12.3. The number of hydrogen-bond acceptors (Lipinski definition) is 6. The van der Waals surface area contributed by atoms with E-state index in [1.807, 2.05) is 0 Å². The highest BCUT2D eigenvalue weighted by Crippen LogP contribution is 2.31. The van der Waals surface area contributed by atoms with E-state index in [1.54, 1.807) is 24.3 Å². The summed E-state index contributed by atoms with van der Waals surface area (Å²) in [5, 5.41) is 22.1. The molecule has 9 nitrogen and oxygen atoms in total. The van der Waals surface area contributed by atoms with Gasteiger partial charge in [0.05, 0.1) is 9.82 Å². The lowest BCUT2D eigenvalue weighted by molar-refractivity contribution is -0.384. The molecule has 0 spiro atoms. The van der Waals surface area contributed by atoms with Crippen molar-refractivity contribution in [2.45, 2.75) is 30.2 Å². The fraction of sp³-hybridized carbons (Fsp3) is 0.278. The number of nitrogens with zero attached hydrogens (tertiary/aromatic N) is 1. The minimum atomic E-state index is -3.74. The Labute approximate surface area is 162 Å². The van der Waals surface area contributed by atoms with Crippen molar-refractivity contribution in [1.29, 1.82) is 0 Å². The van der Waals surface area contributed by atoms with Crippen LogP contribution in [0.2, 0.25) is 0 Å². The van der Waals surface area contributed by atoms with Crippen LogP contribution in [0, 0.1) is 10.1 Å². The van der Waals surface area contributed by atoms with Crippen LogP contribution in [-0.2, 0) is 16.4 Å². The number of hydrogen-bond donors (Lipinski definition) is 3. The van der Waals surface area contributed by atoms with E-state index in [0.29, 0.717) is 18.7 Å². The third kappa shape index (κ3) is 5.05. The average Bonchev–Trinajstić information content (AvgIpc) is 3.45. The molecule has 1 aliphatic rings. The highest BCUT2D eigenvalue weighted by Gasteiger charge is 2.25. The average molecular weight is 404 g/mol. The lowest BCUT2D eigenvalue weighted by atomic mass is 10.1. The van der Waals surface area contributed by atoms with Gasteiger partial charge in [-0.3, -0.25) is 14.9 Å². The van der Waals surface area contributed by atoms with Crippen molar-refractivity contribution in [2.75, 3.05) is 11.9 Å². The second kappa shape index (κ2) is 7.95. The van der Waals surface area contributed by atoms with Crippen molar-refractivity contribution in [1.82, 2.24) is 5.32 Å². The van der Waals surface area contributed by atoms with Crippen molar-refractivity contribution in [2.24, 2.45) is 5.14 Å². The molecule has 2 aromatic carbocycles. The van der Waals surface area contributed by atoms with Crippen LogP contribution in [0.1, 0.15) is 28.8 Å². The number of nitrogens with one attached hydrogen (secondary N) is 2. The van der Waals surface area contributed by atoms with E-state index in [2.05, 4.69) is 10.6 Å². The first kappa shape index (κ1) is 19.8. The van der Waals surface area contributed by atoms with E-state index in [-0.39, 0.29) is 22.2 Å². The third-order valence-corrected chi connectivity index (χ3v) is 5.27. The topological polar surface area (TPSA) is 144 Å². The number of sulfonamides is 1. The van der Waals surface area contributed by atoms with Crippen LogP contribution in [0.15, 0.2) is 47.4 Å². The van der Waals surface area contributed by atoms with Crippen molar-refractivity contribution in [3.05, 3.63) is 63.7 Å². The fourth-order valence-corrected chi connectivity index (χ4v) is 3.18. The Kier molecular flexibility index (Phi) is 5.61. The fourth-order valence-electron chi connectivity index (χ4n) is 2.66. The maximum Gasteiger partial charge on any atom is 0.293 e. The molecule has 1 amide bonds. The molecule has 4 N–H and O–H groups in total. The summed E-state index contributed by atoms with van der Waals surface area (Å²) in [4.78, 5) is 23.1. The van der Waals surface area contributed by atoms with Gasteiger partial charge >= 0.3 is 0 Å². The van der Waals surface area contributed by atoms with E-state index >= 15 is 0 Å². The van der Waals surface area contributed by atoms with Crippen LogP contribution in [0.3, 0.4) is 0 Å². The molecule has 0 aliphatic heterocycles. The molecular formula is C18H20N4O5S. The highest BCUT2D eigenvalue weighted by molar-refractivity contribution is 7.89. The Bertz CT molecular complexity index is 1000. The van der Waals surface area contributed by atoms with Crippen LogP contribution >= 0.6 is 0 Å². The van der Waals surface area contributed by atoms with E-state index in [1.165, 1.54) is 18.2 Å². The molecule has 0 unspecified atom stereocenters. The Morgan fingerprint density at radius 3 is 2.43 bits per heavy atom. The molecule has 0 atom stereocenters. The molecule has 0 radical (unpaired) electrons. The van der Waals surface area contributed by atoms with Crippen molar-refractivity contribution < 1.29 is 18.1 Å². The number of rotatable bonds is 8. The number of carbonyl (C=O) groups excluding carboxylic acids is 1. The lowest BCUT2D eigenvalue weighted by Gasteiger charge is -2.09. The highest BCUT2D eigenvalue weighted by atomic mass is 32.2. The first-order valence-electron chi connectivity index (χ1n) is 8.69. The molecule has 0 bridgehead atoms. The van der Waals surface area contributed by atoms with Crippen LogP contribution in [0.4, 0.5) is 11.4 Å². The van der Waals surface area contributed by atoms with Crippen LogP contribution in [0.25, 0.3) is 0 Å². The number of amides is 1. The zero-order valence-corrected chi connectivity index (χ0v) is 15.7. The molecule has 3 rings (SSSR count). The van der Waals surface area contributed by atoms with Gasteiger partial charge in [-0.25, -0.2) is 13.6 Å². The number of carbonyl (C=O) groups is 1. The summed E-state index contributed by atoms with van der Waals surface area (Å²) >= 11 is 0. The normalized spacial score (nSPS) is 13.8. The van der Waals surface area contributed by atoms with Crippen LogP contribution in [0.5, 0.6) is 0 Å². The van der Waals surface area contributed by atoms with Crippen molar-refractivity contribution in [3.8, 4) is 0 Å². The molecule has 148 valence electrons. The number of benzene rings is 2. The summed E-state index contributed by atoms with van der Waals surface area (Å²) in [6.45, 7) is 0.295. The lowest BCUT2D eigenvalue weighted by Crippen LogP contribution is -2.25. The van der Waals surface area contributed by atoms with Crippen molar-refractivity contribution in [3.63, 3.8) is 0 Å². The summed E-state index contributed by atoms with van der Waals surface area (Å²) < 4.78 is 22.5. The summed E-state index contributed by atoms with van der Waals surface area (Å²) in [7, 11) is -3.74. The molecule has 10 heteroatoms. The second-order valence-electron chi connectivity index (χ2n) is 6.60. The predicted octanol–water partition coefficient (Wildman–Crippen LogP) is 1.79. The molecule has 2 aromatic rings. The van der Waals surface area contributed by atoms with E-state index in [4.69, 9.17) is 5.14 Å². The summed E-state index contributed by atoms with van der Waals surface area (Å²) in [6, 6.07) is 10.7. The Hall–Kier alpha value is -2.98. The number of primary sulfonamides is 1. The summed E-state index contributed by atoms with van der Waals surface area (Å²) in [5.74, 6) is -0.415. The van der Waals surface area contributed by atoms with Gasteiger partial charge in [0.15, 0.2) is 0 Å². The summed E-state index contributed by atoms with van der Waals surface area (Å²) in [5.41, 5.74) is 1.32. The smallest absolute Gasteiger partial charge is 0.293 e. The molecular weight excluding hydrogens is 384 g/mol. The molecule has 1 fully saturated rings. The van der Waals surface area contributed by atoms with E-state index in [9.17, 15) is 23.3 Å². The standard InChI is InChI=1S/C18H20N4O5S/c19-28(26,27)15-6-1-12(2-7-15)9-10-20-18(23)13-3-8-16(21-14-4-5-14)17(11-13)22(24)25/h1-3,6-8,11,14,21H,4-5,9-10H2,(H,20,23)(H2,19,26,27). The minimum Gasteiger partial charge on any atom is -0.377 e. The SMILES string of the molecule is NS(=O)(=O)c1ccc(CCNC(=O)c2ccc(NC3CC3)c([N+](=O)[O-])c2)cc1. The Morgan fingerprint density at radius 1 is 1.18 bits per heavy atom.